The maximum atomic E-state index is 11.4. The number of nitrogens with zero attached hydrogens (tertiary/aromatic N) is 1. The lowest BCUT2D eigenvalue weighted by Gasteiger charge is -2.16. The number of allylic oxidation sites excluding steroid dienone is 4. The molecule has 2 rings (SSSR count). The molecule has 1 atom stereocenters. The van der Waals surface area contributed by atoms with E-state index in [-0.39, 0.29) is 0 Å². The summed E-state index contributed by atoms with van der Waals surface area (Å²) in [6.07, 6.45) is 5.75. The first-order valence-electron chi connectivity index (χ1n) is 4.38. The molecule has 0 aromatic heterocycles. The average molecular weight is 191 g/mol. The minimum absolute atomic E-state index is 0.396. The fraction of sp³-hybridized carbons (Fsp3) is 0.300. The van der Waals surface area contributed by atoms with E-state index < -0.39 is 23.5 Å². The normalized spacial score (nSPS) is 25.1. The Bertz CT molecular complexity index is 392. The van der Waals surface area contributed by atoms with Crippen LogP contribution in [0.3, 0.4) is 0 Å². The van der Waals surface area contributed by atoms with Crippen molar-refractivity contribution >= 4 is 17.6 Å². The zero-order valence-corrected chi connectivity index (χ0v) is 7.69. The van der Waals surface area contributed by atoms with E-state index in [9.17, 15) is 14.4 Å². The van der Waals surface area contributed by atoms with Crippen molar-refractivity contribution in [2.24, 2.45) is 5.92 Å². The third kappa shape index (κ3) is 1.04. The van der Waals surface area contributed by atoms with E-state index in [1.807, 2.05) is 6.08 Å². The van der Waals surface area contributed by atoms with Crippen LogP contribution in [-0.4, -0.2) is 22.5 Å². The molecular formula is C10H9NO3. The maximum Gasteiger partial charge on any atom is 0.301 e. The first kappa shape index (κ1) is 8.87. The van der Waals surface area contributed by atoms with Crippen LogP contribution >= 0.6 is 0 Å². The maximum absolute atomic E-state index is 11.4. The molecule has 4 heteroatoms. The molecule has 1 heterocycles. The summed E-state index contributed by atoms with van der Waals surface area (Å²) in [6, 6.07) is 0. The molecule has 0 saturated carbocycles. The van der Waals surface area contributed by atoms with Crippen molar-refractivity contribution in [2.75, 3.05) is 0 Å². The summed E-state index contributed by atoms with van der Waals surface area (Å²) in [4.78, 5) is 34.9. The number of Topliss-reactive ketones (excluding diaryl/α,β-unsaturated/α-hetero) is 1. The van der Waals surface area contributed by atoms with E-state index in [2.05, 4.69) is 0 Å². The summed E-state index contributed by atoms with van der Waals surface area (Å²) >= 11 is 0. The summed E-state index contributed by atoms with van der Waals surface area (Å²) in [6.45, 7) is 1.28. The van der Waals surface area contributed by atoms with Crippen molar-refractivity contribution in [3.05, 3.63) is 23.9 Å². The standard InChI is InChI=1S/C10H9NO3/c1-6(12)11-8-5-3-2-4-7(8)9(13)10(11)14/h2-3,5,7H,4H2,1H3. The third-order valence-electron chi connectivity index (χ3n) is 2.44. The molecule has 0 spiro atoms. The van der Waals surface area contributed by atoms with Crippen LogP contribution in [0.2, 0.25) is 0 Å². The van der Waals surface area contributed by atoms with E-state index in [0.29, 0.717) is 12.1 Å². The summed E-state index contributed by atoms with van der Waals surface area (Å²) in [5, 5.41) is 0. The van der Waals surface area contributed by atoms with E-state index in [4.69, 9.17) is 0 Å². The molecule has 1 aliphatic carbocycles. The predicted molar refractivity (Wildman–Crippen MR) is 47.9 cm³/mol. The number of ketones is 1. The van der Waals surface area contributed by atoms with Crippen LogP contribution in [0, 0.1) is 5.92 Å². The molecule has 0 radical (unpaired) electrons. The highest BCUT2D eigenvalue weighted by Gasteiger charge is 2.44. The highest BCUT2D eigenvalue weighted by atomic mass is 16.2. The van der Waals surface area contributed by atoms with Gasteiger partial charge in [-0.05, 0) is 12.5 Å². The molecule has 0 aromatic carbocycles. The molecule has 2 amide bonds. The largest absolute Gasteiger partial charge is 0.301 e. The van der Waals surface area contributed by atoms with Gasteiger partial charge in [-0.15, -0.1) is 0 Å². The Hall–Kier alpha value is -1.71. The number of likely N-dealkylation sites (tertiary alicyclic amines) is 1. The molecule has 1 unspecified atom stereocenters. The van der Waals surface area contributed by atoms with Crippen LogP contribution < -0.4 is 0 Å². The van der Waals surface area contributed by atoms with Gasteiger partial charge in [0.05, 0.1) is 5.92 Å². The lowest BCUT2D eigenvalue weighted by Crippen LogP contribution is -2.30. The average Bonchev–Trinajstić information content (AvgIpc) is 2.41. The van der Waals surface area contributed by atoms with Gasteiger partial charge in [0.2, 0.25) is 11.7 Å². The van der Waals surface area contributed by atoms with Gasteiger partial charge in [0, 0.05) is 12.6 Å². The van der Waals surface area contributed by atoms with Gasteiger partial charge in [0.25, 0.3) is 0 Å². The highest BCUT2D eigenvalue weighted by Crippen LogP contribution is 2.31. The van der Waals surface area contributed by atoms with Crippen molar-refractivity contribution in [2.45, 2.75) is 13.3 Å². The van der Waals surface area contributed by atoms with Gasteiger partial charge in [-0.2, -0.15) is 0 Å². The van der Waals surface area contributed by atoms with E-state index in [1.165, 1.54) is 6.92 Å². The first-order valence-corrected chi connectivity index (χ1v) is 4.38. The van der Waals surface area contributed by atoms with Crippen LogP contribution in [0.4, 0.5) is 0 Å². The van der Waals surface area contributed by atoms with Crippen LogP contribution in [0.25, 0.3) is 0 Å². The fourth-order valence-corrected chi connectivity index (χ4v) is 1.79. The van der Waals surface area contributed by atoms with Gasteiger partial charge in [0.15, 0.2) is 0 Å². The topological polar surface area (TPSA) is 54.5 Å². The van der Waals surface area contributed by atoms with Crippen molar-refractivity contribution in [1.29, 1.82) is 0 Å². The second-order valence-electron chi connectivity index (χ2n) is 3.33. The van der Waals surface area contributed by atoms with Crippen LogP contribution in [0.1, 0.15) is 13.3 Å². The van der Waals surface area contributed by atoms with Gasteiger partial charge < -0.3 is 0 Å². The van der Waals surface area contributed by atoms with E-state index >= 15 is 0 Å². The number of fused-ring (bicyclic) bond motifs is 1. The Morgan fingerprint density at radius 3 is 2.86 bits per heavy atom. The van der Waals surface area contributed by atoms with Gasteiger partial charge in [-0.25, -0.2) is 4.90 Å². The van der Waals surface area contributed by atoms with Crippen LogP contribution in [0.15, 0.2) is 23.9 Å². The Kier molecular flexibility index (Phi) is 1.84. The van der Waals surface area contributed by atoms with Gasteiger partial charge >= 0.3 is 5.91 Å². The molecule has 14 heavy (non-hydrogen) atoms. The quantitative estimate of drug-likeness (QED) is 0.521. The highest BCUT2D eigenvalue weighted by molar-refractivity contribution is 6.43. The SMILES string of the molecule is CC(=O)N1C(=O)C(=O)C2CC=CC=C21. The molecule has 0 N–H and O–H groups in total. The van der Waals surface area contributed by atoms with E-state index in [0.717, 1.165) is 4.90 Å². The molecule has 0 aromatic rings. The smallest absolute Gasteiger partial charge is 0.288 e. The Morgan fingerprint density at radius 2 is 2.21 bits per heavy atom. The minimum Gasteiger partial charge on any atom is -0.288 e. The number of amides is 2. The summed E-state index contributed by atoms with van der Waals surface area (Å²) in [5.41, 5.74) is 0.523. The van der Waals surface area contributed by atoms with Crippen molar-refractivity contribution in [3.8, 4) is 0 Å². The lowest BCUT2D eigenvalue weighted by atomic mass is 9.96. The second-order valence-corrected chi connectivity index (χ2v) is 3.33. The fourth-order valence-electron chi connectivity index (χ4n) is 1.79. The molecule has 72 valence electrons. The Morgan fingerprint density at radius 1 is 1.50 bits per heavy atom. The summed E-state index contributed by atoms with van der Waals surface area (Å²) < 4.78 is 0. The molecule has 1 fully saturated rings. The van der Waals surface area contributed by atoms with Gasteiger partial charge in [-0.3, -0.25) is 14.4 Å². The van der Waals surface area contributed by atoms with Crippen molar-refractivity contribution < 1.29 is 14.4 Å². The summed E-state index contributed by atoms with van der Waals surface area (Å²) in [7, 11) is 0. The number of hydrogen-bond acceptors (Lipinski definition) is 3. The van der Waals surface area contributed by atoms with Gasteiger partial charge in [-0.1, -0.05) is 12.2 Å². The number of hydrogen-bond donors (Lipinski definition) is 0. The molecular weight excluding hydrogens is 182 g/mol. The number of carbonyl (C=O) groups is 3. The lowest BCUT2D eigenvalue weighted by molar-refractivity contribution is -0.145. The van der Waals surface area contributed by atoms with Crippen LogP contribution in [-0.2, 0) is 14.4 Å². The summed E-state index contributed by atoms with van der Waals surface area (Å²) in [5.74, 6) is -2.00. The van der Waals surface area contributed by atoms with E-state index in [1.54, 1.807) is 12.2 Å². The number of imide groups is 1. The van der Waals surface area contributed by atoms with Crippen molar-refractivity contribution in [1.82, 2.24) is 4.90 Å². The minimum atomic E-state index is -0.697. The van der Waals surface area contributed by atoms with Crippen LogP contribution in [0.5, 0.6) is 0 Å². The molecule has 1 aliphatic heterocycles. The number of rotatable bonds is 0. The molecule has 4 nitrogen and oxygen atoms in total. The molecule has 2 aliphatic rings. The Balaban J connectivity index is 2.47. The third-order valence-corrected chi connectivity index (χ3v) is 2.44. The first-order chi connectivity index (χ1) is 6.63. The molecule has 0 bridgehead atoms. The monoisotopic (exact) mass is 191 g/mol. The predicted octanol–water partition coefficient (Wildman–Crippen LogP) is 0.404. The second kappa shape index (κ2) is 2.90. The molecule has 1 saturated heterocycles. The Labute approximate surface area is 80.9 Å². The number of carbonyl (C=O) groups excluding carboxylic acids is 3. The van der Waals surface area contributed by atoms with Gasteiger partial charge in [0.1, 0.15) is 0 Å². The zero-order chi connectivity index (χ0) is 10.3. The van der Waals surface area contributed by atoms with Crippen molar-refractivity contribution in [3.63, 3.8) is 0 Å². The zero-order valence-electron chi connectivity index (χ0n) is 7.69.